The Bertz CT molecular complexity index is 126. The van der Waals surface area contributed by atoms with Crippen molar-refractivity contribution in [2.24, 2.45) is 0 Å². The largest absolute Gasteiger partial charge is 0.455 e. The van der Waals surface area contributed by atoms with Gasteiger partial charge in [0, 0.05) is 5.54 Å². The van der Waals surface area contributed by atoms with Crippen molar-refractivity contribution in [1.82, 2.24) is 0 Å². The zero-order valence-corrected chi connectivity index (χ0v) is 9.55. The molecule has 0 bridgehead atoms. The maximum Gasteiger partial charge on any atom is 0.205 e. The smallest absolute Gasteiger partial charge is 0.205 e. The van der Waals surface area contributed by atoms with E-state index in [1.165, 1.54) is 0 Å². The van der Waals surface area contributed by atoms with E-state index in [0.29, 0.717) is 5.54 Å². The molecule has 0 atom stereocenters. The summed E-state index contributed by atoms with van der Waals surface area (Å²) in [6, 6.07) is 0. The van der Waals surface area contributed by atoms with E-state index in [2.05, 4.69) is 32.8 Å². The molecule has 0 aromatic carbocycles. The number of hydrogen-bond acceptors (Lipinski definition) is 1. The highest BCUT2D eigenvalue weighted by atomic mass is 28.4. The Morgan fingerprint density at radius 2 is 1.64 bits per heavy atom. The molecule has 0 spiro atoms. The summed E-state index contributed by atoms with van der Waals surface area (Å²) in [5, 5.41) is 0. The third-order valence-corrected chi connectivity index (χ3v) is 5.67. The van der Waals surface area contributed by atoms with Crippen LogP contribution in [0.15, 0.2) is 25.3 Å². The Labute approximate surface area is 73.2 Å². The standard InChI is InChI=1S/C8H16OSi2/c1-6-8(7-2)11(5)9-10(3)4/h6-8H,1-2H2,3-5H3. The van der Waals surface area contributed by atoms with Gasteiger partial charge in [-0.05, 0) is 19.6 Å². The summed E-state index contributed by atoms with van der Waals surface area (Å²) in [5.74, 6) is 0. The van der Waals surface area contributed by atoms with Crippen molar-refractivity contribution in [3.8, 4) is 0 Å². The average Bonchev–Trinajstić information content (AvgIpc) is 1.88. The maximum atomic E-state index is 5.76. The highest BCUT2D eigenvalue weighted by molar-refractivity contribution is 6.65. The molecule has 0 unspecified atom stereocenters. The Hall–Kier alpha value is -0.126. The van der Waals surface area contributed by atoms with Crippen LogP contribution in [0.2, 0.25) is 25.2 Å². The van der Waals surface area contributed by atoms with Gasteiger partial charge in [0.25, 0.3) is 0 Å². The lowest BCUT2D eigenvalue weighted by Crippen LogP contribution is -2.25. The van der Waals surface area contributed by atoms with Crippen LogP contribution in [0, 0.1) is 0 Å². The van der Waals surface area contributed by atoms with Crippen molar-refractivity contribution in [1.29, 1.82) is 0 Å². The van der Waals surface area contributed by atoms with Crippen LogP contribution in [0.5, 0.6) is 0 Å². The summed E-state index contributed by atoms with van der Waals surface area (Å²) in [7, 11) is -1.27. The Morgan fingerprint density at radius 3 is 1.91 bits per heavy atom. The Morgan fingerprint density at radius 1 is 1.18 bits per heavy atom. The van der Waals surface area contributed by atoms with Crippen LogP contribution in [0.25, 0.3) is 0 Å². The molecule has 0 N–H and O–H groups in total. The van der Waals surface area contributed by atoms with E-state index in [1.54, 1.807) is 0 Å². The van der Waals surface area contributed by atoms with Crippen molar-refractivity contribution in [3.63, 3.8) is 0 Å². The second-order valence-corrected chi connectivity index (χ2v) is 7.14. The molecule has 0 aliphatic carbocycles. The first-order chi connectivity index (χ1) is 5.11. The van der Waals surface area contributed by atoms with Crippen LogP contribution >= 0.6 is 0 Å². The predicted octanol–water partition coefficient (Wildman–Crippen LogP) is 2.62. The fourth-order valence-electron chi connectivity index (χ4n) is 0.818. The molecule has 0 aromatic rings. The first-order valence-electron chi connectivity index (χ1n) is 3.68. The molecule has 2 radical (unpaired) electrons. The van der Waals surface area contributed by atoms with Crippen LogP contribution in [0.4, 0.5) is 0 Å². The molecule has 0 heterocycles. The summed E-state index contributed by atoms with van der Waals surface area (Å²) in [4.78, 5) is 0. The van der Waals surface area contributed by atoms with Gasteiger partial charge in [0.15, 0.2) is 9.04 Å². The SMILES string of the molecule is C=CC(C=C)[Si](C)O[Si](C)C. The van der Waals surface area contributed by atoms with Gasteiger partial charge in [0.1, 0.15) is 0 Å². The summed E-state index contributed by atoms with van der Waals surface area (Å²) in [6.45, 7) is 14.0. The number of hydrogen-bond donors (Lipinski definition) is 0. The van der Waals surface area contributed by atoms with Gasteiger partial charge in [-0.25, -0.2) is 0 Å². The lowest BCUT2D eigenvalue weighted by atomic mass is 10.4. The summed E-state index contributed by atoms with van der Waals surface area (Å²) < 4.78 is 5.76. The zero-order valence-electron chi connectivity index (χ0n) is 7.55. The highest BCUT2D eigenvalue weighted by Crippen LogP contribution is 2.13. The minimum absolute atomic E-state index is 0.389. The molecule has 0 aliphatic rings. The average molecular weight is 184 g/mol. The van der Waals surface area contributed by atoms with Crippen molar-refractivity contribution in [2.45, 2.75) is 25.2 Å². The maximum absolute atomic E-state index is 5.76. The topological polar surface area (TPSA) is 9.23 Å². The molecule has 11 heavy (non-hydrogen) atoms. The molecular formula is C8H16OSi2. The Kier molecular flexibility index (Phi) is 5.45. The number of allylic oxidation sites excluding steroid dienone is 2. The lowest BCUT2D eigenvalue weighted by Gasteiger charge is -2.17. The van der Waals surface area contributed by atoms with Crippen LogP contribution in [0.1, 0.15) is 0 Å². The van der Waals surface area contributed by atoms with Gasteiger partial charge in [-0.3, -0.25) is 0 Å². The quantitative estimate of drug-likeness (QED) is 0.471. The van der Waals surface area contributed by atoms with Crippen molar-refractivity contribution < 1.29 is 4.12 Å². The van der Waals surface area contributed by atoms with E-state index in [0.717, 1.165) is 0 Å². The fraction of sp³-hybridized carbons (Fsp3) is 0.500. The first kappa shape index (κ1) is 10.9. The van der Waals surface area contributed by atoms with E-state index in [9.17, 15) is 0 Å². The van der Waals surface area contributed by atoms with Gasteiger partial charge in [0.2, 0.25) is 9.04 Å². The Balaban J connectivity index is 3.87. The molecule has 0 fully saturated rings. The van der Waals surface area contributed by atoms with Crippen LogP contribution in [0.3, 0.4) is 0 Å². The normalized spacial score (nSPS) is 11.1. The molecule has 1 nitrogen and oxygen atoms in total. The molecule has 0 aromatic heterocycles. The predicted molar refractivity (Wildman–Crippen MR) is 54.3 cm³/mol. The molecule has 0 saturated heterocycles. The second kappa shape index (κ2) is 5.51. The molecule has 0 aliphatic heterocycles. The monoisotopic (exact) mass is 184 g/mol. The molecule has 62 valence electrons. The van der Waals surface area contributed by atoms with Gasteiger partial charge in [-0.15, -0.1) is 13.2 Å². The molecule has 3 heteroatoms. The minimum Gasteiger partial charge on any atom is -0.455 e. The second-order valence-electron chi connectivity index (χ2n) is 2.62. The zero-order chi connectivity index (χ0) is 8.85. The van der Waals surface area contributed by atoms with Crippen LogP contribution in [-0.2, 0) is 4.12 Å². The van der Waals surface area contributed by atoms with E-state index in [-0.39, 0.29) is 0 Å². The first-order valence-corrected chi connectivity index (χ1v) is 8.07. The minimum atomic E-state index is -0.720. The van der Waals surface area contributed by atoms with Gasteiger partial charge in [-0.1, -0.05) is 12.2 Å². The summed E-state index contributed by atoms with van der Waals surface area (Å²) in [5.41, 5.74) is 0.389. The van der Waals surface area contributed by atoms with E-state index in [4.69, 9.17) is 4.12 Å². The summed E-state index contributed by atoms with van der Waals surface area (Å²) >= 11 is 0. The van der Waals surface area contributed by atoms with Crippen LogP contribution < -0.4 is 0 Å². The van der Waals surface area contributed by atoms with Crippen LogP contribution in [-0.4, -0.2) is 18.1 Å². The van der Waals surface area contributed by atoms with E-state index >= 15 is 0 Å². The third kappa shape index (κ3) is 4.34. The van der Waals surface area contributed by atoms with Gasteiger partial charge >= 0.3 is 0 Å². The lowest BCUT2D eigenvalue weighted by molar-refractivity contribution is 0.595. The third-order valence-electron chi connectivity index (χ3n) is 1.34. The van der Waals surface area contributed by atoms with E-state index in [1.807, 2.05) is 12.2 Å². The highest BCUT2D eigenvalue weighted by Gasteiger charge is 2.15. The van der Waals surface area contributed by atoms with Crippen molar-refractivity contribution in [2.75, 3.05) is 0 Å². The van der Waals surface area contributed by atoms with E-state index < -0.39 is 18.1 Å². The molecular weight excluding hydrogens is 168 g/mol. The molecule has 0 rings (SSSR count). The fourth-order valence-corrected chi connectivity index (χ4v) is 4.60. The van der Waals surface area contributed by atoms with Crippen molar-refractivity contribution >= 4 is 18.1 Å². The molecule has 0 amide bonds. The van der Waals surface area contributed by atoms with Gasteiger partial charge in [-0.2, -0.15) is 0 Å². The van der Waals surface area contributed by atoms with Crippen molar-refractivity contribution in [3.05, 3.63) is 25.3 Å². The molecule has 0 saturated carbocycles. The number of rotatable bonds is 5. The van der Waals surface area contributed by atoms with Gasteiger partial charge < -0.3 is 4.12 Å². The van der Waals surface area contributed by atoms with Gasteiger partial charge in [0.05, 0.1) is 0 Å². The summed E-state index contributed by atoms with van der Waals surface area (Å²) in [6.07, 6.45) is 3.85.